The Morgan fingerprint density at radius 1 is 1.15 bits per heavy atom. The van der Waals surface area contributed by atoms with Crippen LogP contribution in [0.1, 0.15) is 21.5 Å². The number of fused-ring (bicyclic) bond motifs is 1. The van der Waals surface area contributed by atoms with Crippen LogP contribution in [0.2, 0.25) is 0 Å². The van der Waals surface area contributed by atoms with Crippen molar-refractivity contribution in [2.24, 2.45) is 0 Å². The van der Waals surface area contributed by atoms with Gasteiger partial charge in [0.1, 0.15) is 5.52 Å². The minimum absolute atomic E-state index is 0.0712. The summed E-state index contributed by atoms with van der Waals surface area (Å²) in [5, 5.41) is 0.669. The maximum atomic E-state index is 12.5. The zero-order valence-electron chi connectivity index (χ0n) is 14.6. The van der Waals surface area contributed by atoms with Gasteiger partial charge in [-0.3, -0.25) is 4.79 Å². The molecule has 1 amide bonds. The number of carbonyl (C=O) groups excluding carboxylic acids is 1. The predicted molar refractivity (Wildman–Crippen MR) is 101 cm³/mol. The van der Waals surface area contributed by atoms with Gasteiger partial charge in [-0.15, -0.1) is 0 Å². The molecule has 4 rings (SSSR count). The number of benzene rings is 2. The number of morpholine rings is 1. The van der Waals surface area contributed by atoms with Crippen molar-refractivity contribution in [1.29, 1.82) is 0 Å². The molecule has 1 aliphatic rings. The third-order valence-electron chi connectivity index (χ3n) is 4.46. The molecule has 134 valence electrons. The van der Waals surface area contributed by atoms with Gasteiger partial charge in [0.05, 0.1) is 13.2 Å². The molecule has 5 nitrogen and oxygen atoms in total. The maximum absolute atomic E-state index is 12.5. The minimum atomic E-state index is 0.0712. The summed E-state index contributed by atoms with van der Waals surface area (Å²) >= 11 is 1.56. The molecule has 0 unspecified atom stereocenters. The van der Waals surface area contributed by atoms with E-state index in [1.165, 1.54) is 0 Å². The normalized spacial score (nSPS) is 14.7. The summed E-state index contributed by atoms with van der Waals surface area (Å²) in [6.07, 6.45) is 0. The van der Waals surface area contributed by atoms with Gasteiger partial charge in [0, 0.05) is 24.4 Å². The maximum Gasteiger partial charge on any atom is 0.257 e. The number of hydrogen-bond acceptors (Lipinski definition) is 5. The third-order valence-corrected chi connectivity index (χ3v) is 5.36. The molecule has 2 aromatic carbocycles. The Morgan fingerprint density at radius 3 is 2.65 bits per heavy atom. The number of nitrogens with zero attached hydrogens (tertiary/aromatic N) is 2. The topological polar surface area (TPSA) is 55.6 Å². The lowest BCUT2D eigenvalue weighted by Gasteiger charge is -2.26. The molecule has 0 N–H and O–H groups in total. The van der Waals surface area contributed by atoms with E-state index in [1.54, 1.807) is 11.8 Å². The van der Waals surface area contributed by atoms with Gasteiger partial charge in [0.25, 0.3) is 11.1 Å². The Morgan fingerprint density at radius 2 is 1.92 bits per heavy atom. The lowest BCUT2D eigenvalue weighted by Crippen LogP contribution is -2.40. The number of amides is 1. The largest absolute Gasteiger partial charge is 0.431 e. The molecule has 2 heterocycles. The number of thioether (sulfide) groups is 1. The van der Waals surface area contributed by atoms with Crippen LogP contribution in [0.25, 0.3) is 11.1 Å². The van der Waals surface area contributed by atoms with Crippen LogP contribution in [0.4, 0.5) is 0 Å². The SMILES string of the molecule is Cc1cccc2oc(SCc3ccc(C(=O)N4CCOCC4)cc3)nc12. The number of oxazole rings is 1. The summed E-state index contributed by atoms with van der Waals surface area (Å²) in [4.78, 5) is 18.9. The van der Waals surface area contributed by atoms with Gasteiger partial charge in [0.15, 0.2) is 5.58 Å². The molecular formula is C20H20N2O3S. The van der Waals surface area contributed by atoms with Crippen LogP contribution in [0.3, 0.4) is 0 Å². The van der Waals surface area contributed by atoms with Crippen molar-refractivity contribution in [2.45, 2.75) is 17.9 Å². The molecule has 1 aromatic heterocycles. The zero-order valence-corrected chi connectivity index (χ0v) is 15.4. The van der Waals surface area contributed by atoms with E-state index in [4.69, 9.17) is 9.15 Å². The van der Waals surface area contributed by atoms with Gasteiger partial charge >= 0.3 is 0 Å². The first-order valence-corrected chi connectivity index (χ1v) is 9.64. The van der Waals surface area contributed by atoms with Crippen molar-refractivity contribution in [3.63, 3.8) is 0 Å². The number of aryl methyl sites for hydroxylation is 1. The fourth-order valence-corrected chi connectivity index (χ4v) is 3.75. The average Bonchev–Trinajstić information content (AvgIpc) is 3.11. The lowest BCUT2D eigenvalue weighted by atomic mass is 10.1. The molecule has 0 bridgehead atoms. The lowest BCUT2D eigenvalue weighted by molar-refractivity contribution is 0.0303. The highest BCUT2D eigenvalue weighted by Crippen LogP contribution is 2.27. The molecule has 26 heavy (non-hydrogen) atoms. The van der Waals surface area contributed by atoms with Gasteiger partial charge in [-0.25, -0.2) is 4.98 Å². The summed E-state index contributed by atoms with van der Waals surface area (Å²) in [6.45, 7) is 4.58. The Kier molecular flexibility index (Phi) is 4.95. The highest BCUT2D eigenvalue weighted by molar-refractivity contribution is 7.98. The van der Waals surface area contributed by atoms with E-state index < -0.39 is 0 Å². The number of hydrogen-bond donors (Lipinski definition) is 0. The summed E-state index contributed by atoms with van der Waals surface area (Å²) in [5.41, 5.74) is 4.70. The number of rotatable bonds is 4. The van der Waals surface area contributed by atoms with E-state index >= 15 is 0 Å². The number of carbonyl (C=O) groups is 1. The first-order valence-electron chi connectivity index (χ1n) is 8.65. The van der Waals surface area contributed by atoms with Gasteiger partial charge in [-0.1, -0.05) is 36.0 Å². The van der Waals surface area contributed by atoms with Crippen LogP contribution in [-0.2, 0) is 10.5 Å². The monoisotopic (exact) mass is 368 g/mol. The van der Waals surface area contributed by atoms with Crippen LogP contribution < -0.4 is 0 Å². The first kappa shape index (κ1) is 17.1. The van der Waals surface area contributed by atoms with Crippen LogP contribution >= 0.6 is 11.8 Å². The molecule has 0 spiro atoms. The minimum Gasteiger partial charge on any atom is -0.431 e. The third kappa shape index (κ3) is 3.61. The van der Waals surface area contributed by atoms with Crippen LogP contribution in [-0.4, -0.2) is 42.1 Å². The fraction of sp³-hybridized carbons (Fsp3) is 0.300. The van der Waals surface area contributed by atoms with E-state index in [0.717, 1.165) is 33.5 Å². The van der Waals surface area contributed by atoms with E-state index in [1.807, 2.05) is 54.3 Å². The Bertz CT molecular complexity index is 914. The second-order valence-electron chi connectivity index (χ2n) is 6.29. The predicted octanol–water partition coefficient (Wildman–Crippen LogP) is 3.90. The molecule has 6 heteroatoms. The van der Waals surface area contributed by atoms with Crippen molar-refractivity contribution < 1.29 is 13.9 Å². The van der Waals surface area contributed by atoms with Gasteiger partial charge < -0.3 is 14.1 Å². The van der Waals surface area contributed by atoms with Crippen molar-refractivity contribution in [3.8, 4) is 0 Å². The van der Waals surface area contributed by atoms with E-state index in [9.17, 15) is 4.79 Å². The molecule has 3 aromatic rings. The van der Waals surface area contributed by atoms with Crippen molar-refractivity contribution in [2.75, 3.05) is 26.3 Å². The van der Waals surface area contributed by atoms with Gasteiger partial charge in [0.2, 0.25) is 0 Å². The molecule has 0 aliphatic carbocycles. The summed E-state index contributed by atoms with van der Waals surface area (Å²) in [7, 11) is 0. The highest BCUT2D eigenvalue weighted by atomic mass is 32.2. The van der Waals surface area contributed by atoms with E-state index in [-0.39, 0.29) is 5.91 Å². The van der Waals surface area contributed by atoms with Crippen LogP contribution in [0.15, 0.2) is 52.1 Å². The molecular weight excluding hydrogens is 348 g/mol. The van der Waals surface area contributed by atoms with E-state index in [2.05, 4.69) is 4.98 Å². The standard InChI is InChI=1S/C20H20N2O3S/c1-14-3-2-4-17-18(14)21-20(25-17)26-13-15-5-7-16(8-6-15)19(23)22-9-11-24-12-10-22/h2-8H,9-13H2,1H3. The van der Waals surface area contributed by atoms with Crippen LogP contribution in [0.5, 0.6) is 0 Å². The highest BCUT2D eigenvalue weighted by Gasteiger charge is 2.18. The smallest absolute Gasteiger partial charge is 0.257 e. The Hall–Kier alpha value is -2.31. The average molecular weight is 368 g/mol. The molecule has 1 aliphatic heterocycles. The Balaban J connectivity index is 1.40. The van der Waals surface area contributed by atoms with Crippen molar-refractivity contribution in [3.05, 3.63) is 59.2 Å². The quantitative estimate of drug-likeness (QED) is 0.654. The second kappa shape index (κ2) is 7.51. The summed E-state index contributed by atoms with van der Waals surface area (Å²) < 4.78 is 11.1. The summed E-state index contributed by atoms with van der Waals surface area (Å²) in [6, 6.07) is 13.7. The molecule has 1 fully saturated rings. The molecule has 0 radical (unpaired) electrons. The first-order chi connectivity index (χ1) is 12.7. The van der Waals surface area contributed by atoms with Crippen molar-refractivity contribution in [1.82, 2.24) is 9.88 Å². The molecule has 1 saturated heterocycles. The zero-order chi connectivity index (χ0) is 17.9. The number of ether oxygens (including phenoxy) is 1. The van der Waals surface area contributed by atoms with Crippen molar-refractivity contribution >= 4 is 28.8 Å². The van der Waals surface area contributed by atoms with Gasteiger partial charge in [-0.05, 0) is 36.2 Å². The van der Waals surface area contributed by atoms with Gasteiger partial charge in [-0.2, -0.15) is 0 Å². The molecule has 0 saturated carbocycles. The summed E-state index contributed by atoms with van der Waals surface area (Å²) in [5.74, 6) is 0.819. The van der Waals surface area contributed by atoms with Crippen LogP contribution in [0, 0.1) is 6.92 Å². The van der Waals surface area contributed by atoms with E-state index in [0.29, 0.717) is 31.5 Å². The number of para-hydroxylation sites is 1. The molecule has 0 atom stereocenters. The Labute approximate surface area is 156 Å². The fourth-order valence-electron chi connectivity index (χ4n) is 2.97. The number of aromatic nitrogens is 1. The second-order valence-corrected chi connectivity index (χ2v) is 7.22.